The highest BCUT2D eigenvalue weighted by Gasteiger charge is 2.25. The number of amides is 2. The Hall–Kier alpha value is -1.29. The SMILES string of the molecule is O=C1NCC(c2c(F)cccc2Cl)N1. The number of carbonyl (C=O) groups excluding carboxylic acids is 1. The van der Waals surface area contributed by atoms with Gasteiger partial charge in [0.1, 0.15) is 5.82 Å². The van der Waals surface area contributed by atoms with Crippen molar-refractivity contribution in [2.45, 2.75) is 6.04 Å². The molecule has 1 unspecified atom stereocenters. The second-order valence-electron chi connectivity index (χ2n) is 3.04. The molecular formula is C9H8ClFN2O. The average molecular weight is 215 g/mol. The van der Waals surface area contributed by atoms with Crippen molar-refractivity contribution < 1.29 is 9.18 Å². The maximum Gasteiger partial charge on any atom is 0.315 e. The highest BCUT2D eigenvalue weighted by Crippen LogP contribution is 2.26. The molecule has 0 aliphatic carbocycles. The molecule has 0 radical (unpaired) electrons. The molecule has 1 aromatic rings. The Bertz CT molecular complexity index is 363. The molecule has 1 aromatic carbocycles. The number of halogens is 2. The molecule has 1 aliphatic rings. The Morgan fingerprint density at radius 1 is 1.50 bits per heavy atom. The summed E-state index contributed by atoms with van der Waals surface area (Å²) >= 11 is 5.84. The minimum atomic E-state index is -0.397. The van der Waals surface area contributed by atoms with Crippen molar-refractivity contribution in [3.05, 3.63) is 34.6 Å². The number of benzene rings is 1. The number of hydrogen-bond donors (Lipinski definition) is 2. The van der Waals surface area contributed by atoms with E-state index < -0.39 is 5.82 Å². The Morgan fingerprint density at radius 3 is 2.86 bits per heavy atom. The molecule has 0 bridgehead atoms. The summed E-state index contributed by atoms with van der Waals surface area (Å²) in [4.78, 5) is 10.9. The van der Waals surface area contributed by atoms with Crippen molar-refractivity contribution >= 4 is 17.6 Å². The number of hydrogen-bond acceptors (Lipinski definition) is 1. The summed E-state index contributed by atoms with van der Waals surface area (Å²) in [6, 6.07) is 3.78. The largest absolute Gasteiger partial charge is 0.336 e. The van der Waals surface area contributed by atoms with Crippen molar-refractivity contribution in [3.8, 4) is 0 Å². The lowest BCUT2D eigenvalue weighted by Crippen LogP contribution is -2.22. The van der Waals surface area contributed by atoms with Gasteiger partial charge in [0.2, 0.25) is 0 Å². The van der Waals surface area contributed by atoms with Gasteiger partial charge in [-0.1, -0.05) is 17.7 Å². The fraction of sp³-hybridized carbons (Fsp3) is 0.222. The van der Waals surface area contributed by atoms with Crippen LogP contribution in [0.5, 0.6) is 0 Å². The summed E-state index contributed by atoms with van der Waals surface area (Å²) < 4.78 is 13.4. The Balaban J connectivity index is 2.36. The smallest absolute Gasteiger partial charge is 0.315 e. The third kappa shape index (κ3) is 1.53. The van der Waals surface area contributed by atoms with Crippen LogP contribution >= 0.6 is 11.6 Å². The molecule has 1 atom stereocenters. The van der Waals surface area contributed by atoms with Crippen LogP contribution in [-0.2, 0) is 0 Å². The minimum Gasteiger partial charge on any atom is -0.336 e. The first kappa shape index (κ1) is 9.27. The summed E-state index contributed by atoms with van der Waals surface area (Å²) in [6.07, 6.45) is 0. The Kier molecular flexibility index (Phi) is 2.29. The Labute approximate surface area is 85.3 Å². The fourth-order valence-electron chi connectivity index (χ4n) is 1.47. The highest BCUT2D eigenvalue weighted by atomic mass is 35.5. The molecule has 5 heteroatoms. The zero-order valence-electron chi connectivity index (χ0n) is 7.18. The molecule has 2 N–H and O–H groups in total. The van der Waals surface area contributed by atoms with E-state index in [1.165, 1.54) is 12.1 Å². The Morgan fingerprint density at radius 2 is 2.29 bits per heavy atom. The summed E-state index contributed by atoms with van der Waals surface area (Å²) in [5.41, 5.74) is 0.340. The fourth-order valence-corrected chi connectivity index (χ4v) is 1.77. The molecule has 74 valence electrons. The predicted octanol–water partition coefficient (Wildman–Crippen LogP) is 1.83. The van der Waals surface area contributed by atoms with Crippen LogP contribution in [0.4, 0.5) is 9.18 Å². The van der Waals surface area contributed by atoms with Gasteiger partial charge in [0.25, 0.3) is 0 Å². The lowest BCUT2D eigenvalue weighted by Gasteiger charge is -2.11. The molecule has 0 saturated carbocycles. The quantitative estimate of drug-likeness (QED) is 0.736. The minimum absolute atomic E-state index is 0.297. The van der Waals surface area contributed by atoms with Gasteiger partial charge in [0.15, 0.2) is 0 Å². The summed E-state index contributed by atoms with van der Waals surface area (Å²) in [6.45, 7) is 0.361. The van der Waals surface area contributed by atoms with Crippen molar-refractivity contribution in [3.63, 3.8) is 0 Å². The van der Waals surface area contributed by atoms with Gasteiger partial charge in [0.05, 0.1) is 6.04 Å². The van der Waals surface area contributed by atoms with Crippen LogP contribution < -0.4 is 10.6 Å². The molecular weight excluding hydrogens is 207 g/mol. The van der Waals surface area contributed by atoms with Crippen molar-refractivity contribution in [2.24, 2.45) is 0 Å². The van der Waals surface area contributed by atoms with Gasteiger partial charge < -0.3 is 10.6 Å². The van der Waals surface area contributed by atoms with Crippen LogP contribution in [0.1, 0.15) is 11.6 Å². The second-order valence-corrected chi connectivity index (χ2v) is 3.45. The van der Waals surface area contributed by atoms with Crippen molar-refractivity contribution in [2.75, 3.05) is 6.54 Å². The van der Waals surface area contributed by atoms with E-state index in [0.29, 0.717) is 17.1 Å². The number of rotatable bonds is 1. The number of nitrogens with one attached hydrogen (secondary N) is 2. The van der Waals surface area contributed by atoms with E-state index in [2.05, 4.69) is 10.6 Å². The normalized spacial score (nSPS) is 20.4. The lowest BCUT2D eigenvalue weighted by atomic mass is 10.1. The van der Waals surface area contributed by atoms with E-state index in [0.717, 1.165) is 0 Å². The zero-order chi connectivity index (χ0) is 10.1. The molecule has 3 nitrogen and oxygen atoms in total. The van der Waals surface area contributed by atoms with E-state index in [9.17, 15) is 9.18 Å². The molecule has 1 heterocycles. The van der Waals surface area contributed by atoms with Gasteiger partial charge in [0, 0.05) is 17.1 Å². The molecule has 0 aromatic heterocycles. The van der Waals surface area contributed by atoms with Crippen LogP contribution in [0.2, 0.25) is 5.02 Å². The highest BCUT2D eigenvalue weighted by molar-refractivity contribution is 6.31. The van der Waals surface area contributed by atoms with Crippen LogP contribution in [0.15, 0.2) is 18.2 Å². The predicted molar refractivity (Wildman–Crippen MR) is 50.7 cm³/mol. The zero-order valence-corrected chi connectivity index (χ0v) is 7.94. The molecule has 1 aliphatic heterocycles. The first-order valence-electron chi connectivity index (χ1n) is 4.17. The summed E-state index contributed by atoms with van der Waals surface area (Å²) in [5.74, 6) is -0.397. The summed E-state index contributed by atoms with van der Waals surface area (Å²) in [7, 11) is 0. The second kappa shape index (κ2) is 3.46. The van der Waals surface area contributed by atoms with Crippen LogP contribution in [0.25, 0.3) is 0 Å². The van der Waals surface area contributed by atoms with Crippen molar-refractivity contribution in [1.82, 2.24) is 10.6 Å². The standard InChI is InChI=1S/C9H8ClFN2O/c10-5-2-1-3-6(11)8(5)7-4-12-9(14)13-7/h1-3,7H,4H2,(H2,12,13,14). The number of urea groups is 1. The van der Waals surface area contributed by atoms with Gasteiger partial charge in [-0.3, -0.25) is 0 Å². The van der Waals surface area contributed by atoms with Gasteiger partial charge >= 0.3 is 6.03 Å². The molecule has 1 fully saturated rings. The van der Waals surface area contributed by atoms with Gasteiger partial charge in [-0.2, -0.15) is 0 Å². The molecule has 0 spiro atoms. The van der Waals surface area contributed by atoms with E-state index in [1.807, 2.05) is 0 Å². The van der Waals surface area contributed by atoms with Gasteiger partial charge in [-0.25, -0.2) is 9.18 Å². The maximum absolute atomic E-state index is 13.4. The van der Waals surface area contributed by atoms with Gasteiger partial charge in [-0.05, 0) is 12.1 Å². The molecule has 2 rings (SSSR count). The topological polar surface area (TPSA) is 41.1 Å². The summed E-state index contributed by atoms with van der Waals surface area (Å²) in [5, 5.41) is 5.46. The van der Waals surface area contributed by atoms with E-state index in [1.54, 1.807) is 6.07 Å². The van der Waals surface area contributed by atoms with Crippen LogP contribution in [-0.4, -0.2) is 12.6 Å². The first-order chi connectivity index (χ1) is 6.68. The number of carbonyl (C=O) groups is 1. The lowest BCUT2D eigenvalue weighted by molar-refractivity contribution is 0.247. The molecule has 14 heavy (non-hydrogen) atoms. The van der Waals surface area contributed by atoms with E-state index in [-0.39, 0.29) is 12.1 Å². The van der Waals surface area contributed by atoms with Gasteiger partial charge in [-0.15, -0.1) is 0 Å². The first-order valence-corrected chi connectivity index (χ1v) is 4.54. The third-order valence-corrected chi connectivity index (χ3v) is 2.45. The molecule has 1 saturated heterocycles. The van der Waals surface area contributed by atoms with E-state index >= 15 is 0 Å². The van der Waals surface area contributed by atoms with Crippen molar-refractivity contribution in [1.29, 1.82) is 0 Å². The van der Waals surface area contributed by atoms with Crippen LogP contribution in [0.3, 0.4) is 0 Å². The molecule has 2 amide bonds. The average Bonchev–Trinajstić information content (AvgIpc) is 2.51. The third-order valence-electron chi connectivity index (χ3n) is 2.12. The monoisotopic (exact) mass is 214 g/mol. The van der Waals surface area contributed by atoms with Crippen LogP contribution in [0, 0.1) is 5.82 Å². The van der Waals surface area contributed by atoms with E-state index in [4.69, 9.17) is 11.6 Å². The maximum atomic E-state index is 13.4.